The monoisotopic (exact) mass is 266 g/mol. The van der Waals surface area contributed by atoms with Crippen LogP contribution >= 0.6 is 23.8 Å². The van der Waals surface area contributed by atoms with Gasteiger partial charge in [0, 0.05) is 16.8 Å². The molecule has 4 nitrogen and oxygen atoms in total. The summed E-state index contributed by atoms with van der Waals surface area (Å²) in [5, 5.41) is 13.8. The zero-order valence-corrected chi connectivity index (χ0v) is 10.7. The lowest BCUT2D eigenvalue weighted by Gasteiger charge is -2.11. The second-order valence-electron chi connectivity index (χ2n) is 3.51. The summed E-state index contributed by atoms with van der Waals surface area (Å²) in [6.45, 7) is 1.98. The van der Waals surface area contributed by atoms with Gasteiger partial charge in [0.05, 0.1) is 6.20 Å². The van der Waals surface area contributed by atoms with Crippen molar-refractivity contribution in [2.45, 2.75) is 6.92 Å². The van der Waals surface area contributed by atoms with Crippen molar-refractivity contribution >= 4 is 40.4 Å². The number of aromatic amines is 1. The summed E-state index contributed by atoms with van der Waals surface area (Å²) < 4.78 is 0. The highest BCUT2D eigenvalue weighted by atomic mass is 35.5. The fraction of sp³-hybridized carbons (Fsp3) is 0.0909. The van der Waals surface area contributed by atoms with Crippen molar-refractivity contribution in [2.75, 3.05) is 10.6 Å². The lowest BCUT2D eigenvalue weighted by Crippen LogP contribution is -2.19. The van der Waals surface area contributed by atoms with Gasteiger partial charge in [0.1, 0.15) is 5.82 Å². The topological polar surface area (TPSA) is 52.7 Å². The second kappa shape index (κ2) is 5.16. The van der Waals surface area contributed by atoms with Crippen LogP contribution in [0, 0.1) is 6.92 Å². The molecule has 88 valence electrons. The first-order valence-electron chi connectivity index (χ1n) is 4.98. The fourth-order valence-electron chi connectivity index (χ4n) is 1.33. The van der Waals surface area contributed by atoms with Crippen LogP contribution in [0.3, 0.4) is 0 Å². The standard InChI is InChI=1S/C11H11ClN4S/c1-7-2-3-8(12)6-9(7)14-11(17)15-10-4-5-13-16-10/h2-6H,1H3,(H3,13,14,15,16,17). The van der Waals surface area contributed by atoms with E-state index in [2.05, 4.69) is 20.8 Å². The van der Waals surface area contributed by atoms with E-state index in [1.165, 1.54) is 0 Å². The van der Waals surface area contributed by atoms with Crippen LogP contribution in [0.25, 0.3) is 0 Å². The number of aromatic nitrogens is 2. The summed E-state index contributed by atoms with van der Waals surface area (Å²) in [5.41, 5.74) is 1.96. The second-order valence-corrected chi connectivity index (χ2v) is 4.35. The molecule has 0 aliphatic carbocycles. The third-order valence-corrected chi connectivity index (χ3v) is 2.64. The molecule has 0 amide bonds. The fourth-order valence-corrected chi connectivity index (χ4v) is 1.72. The van der Waals surface area contributed by atoms with Gasteiger partial charge in [0.2, 0.25) is 0 Å². The van der Waals surface area contributed by atoms with Gasteiger partial charge >= 0.3 is 0 Å². The molecular formula is C11H11ClN4S. The lowest BCUT2D eigenvalue weighted by atomic mass is 10.2. The number of halogens is 1. The van der Waals surface area contributed by atoms with Gasteiger partial charge in [0.15, 0.2) is 5.11 Å². The highest BCUT2D eigenvalue weighted by Crippen LogP contribution is 2.20. The molecule has 1 heterocycles. The van der Waals surface area contributed by atoms with Gasteiger partial charge in [-0.2, -0.15) is 5.10 Å². The Bertz CT molecular complexity index is 524. The molecule has 6 heteroatoms. The first kappa shape index (κ1) is 11.9. The summed E-state index contributed by atoms with van der Waals surface area (Å²) in [4.78, 5) is 0. The molecule has 0 radical (unpaired) electrons. The minimum absolute atomic E-state index is 0.486. The molecule has 0 atom stereocenters. The molecule has 0 aliphatic heterocycles. The predicted octanol–water partition coefficient (Wildman–Crippen LogP) is 3.18. The van der Waals surface area contributed by atoms with Crippen LogP contribution in [-0.4, -0.2) is 15.3 Å². The van der Waals surface area contributed by atoms with Crippen LogP contribution < -0.4 is 10.6 Å². The van der Waals surface area contributed by atoms with Crippen LogP contribution in [0.4, 0.5) is 11.5 Å². The van der Waals surface area contributed by atoms with E-state index in [1.54, 1.807) is 12.3 Å². The first-order chi connectivity index (χ1) is 8.15. The van der Waals surface area contributed by atoms with E-state index in [0.29, 0.717) is 10.1 Å². The Hall–Kier alpha value is -1.59. The van der Waals surface area contributed by atoms with Crippen molar-refractivity contribution in [1.29, 1.82) is 0 Å². The van der Waals surface area contributed by atoms with E-state index in [1.807, 2.05) is 25.1 Å². The Morgan fingerprint density at radius 2 is 2.18 bits per heavy atom. The summed E-state index contributed by atoms with van der Waals surface area (Å²) in [6, 6.07) is 7.40. The third kappa shape index (κ3) is 3.18. The maximum absolute atomic E-state index is 5.92. The number of aryl methyl sites for hydroxylation is 1. The molecule has 2 aromatic rings. The maximum Gasteiger partial charge on any atom is 0.176 e. The molecular weight excluding hydrogens is 256 g/mol. The quantitative estimate of drug-likeness (QED) is 0.731. The van der Waals surface area contributed by atoms with Gasteiger partial charge in [-0.05, 0) is 36.8 Å². The minimum atomic E-state index is 0.486. The molecule has 0 aliphatic rings. The number of hydrogen-bond donors (Lipinski definition) is 3. The molecule has 0 bridgehead atoms. The highest BCUT2D eigenvalue weighted by molar-refractivity contribution is 7.80. The average molecular weight is 267 g/mol. The van der Waals surface area contributed by atoms with Crippen molar-refractivity contribution in [2.24, 2.45) is 0 Å². The van der Waals surface area contributed by atoms with E-state index in [9.17, 15) is 0 Å². The molecule has 0 unspecified atom stereocenters. The van der Waals surface area contributed by atoms with Crippen LogP contribution in [-0.2, 0) is 0 Å². The van der Waals surface area contributed by atoms with Crippen LogP contribution in [0.1, 0.15) is 5.56 Å². The van der Waals surface area contributed by atoms with Crippen molar-refractivity contribution < 1.29 is 0 Å². The van der Waals surface area contributed by atoms with Gasteiger partial charge in [-0.15, -0.1) is 0 Å². The Kier molecular flexibility index (Phi) is 3.61. The van der Waals surface area contributed by atoms with Crippen LogP contribution in [0.5, 0.6) is 0 Å². The summed E-state index contributed by atoms with van der Waals surface area (Å²) in [7, 11) is 0. The Morgan fingerprint density at radius 1 is 1.35 bits per heavy atom. The molecule has 3 N–H and O–H groups in total. The molecule has 0 fully saturated rings. The lowest BCUT2D eigenvalue weighted by molar-refractivity contribution is 1.10. The van der Waals surface area contributed by atoms with E-state index in [4.69, 9.17) is 23.8 Å². The molecule has 1 aromatic heterocycles. The van der Waals surface area contributed by atoms with E-state index < -0.39 is 0 Å². The van der Waals surface area contributed by atoms with Crippen molar-refractivity contribution in [3.8, 4) is 0 Å². The summed E-state index contributed by atoms with van der Waals surface area (Å²) >= 11 is 11.1. The van der Waals surface area contributed by atoms with Crippen LogP contribution in [0.2, 0.25) is 5.02 Å². The van der Waals surface area contributed by atoms with E-state index in [0.717, 1.165) is 17.1 Å². The summed E-state index contributed by atoms with van der Waals surface area (Å²) in [5.74, 6) is 0.738. The SMILES string of the molecule is Cc1ccc(Cl)cc1NC(=S)Nc1ccn[nH]1. The summed E-state index contributed by atoms with van der Waals surface area (Å²) in [6.07, 6.45) is 1.65. The third-order valence-electron chi connectivity index (χ3n) is 2.20. The maximum atomic E-state index is 5.92. The van der Waals surface area contributed by atoms with Gasteiger partial charge in [-0.25, -0.2) is 0 Å². The first-order valence-corrected chi connectivity index (χ1v) is 5.77. The average Bonchev–Trinajstić information content (AvgIpc) is 2.76. The number of hydrogen-bond acceptors (Lipinski definition) is 2. The molecule has 1 aromatic carbocycles. The van der Waals surface area contributed by atoms with Gasteiger partial charge in [-0.3, -0.25) is 5.10 Å². The molecule has 2 rings (SSSR count). The van der Waals surface area contributed by atoms with Crippen molar-refractivity contribution in [3.05, 3.63) is 41.0 Å². The van der Waals surface area contributed by atoms with Crippen molar-refractivity contribution in [1.82, 2.24) is 10.2 Å². The zero-order chi connectivity index (χ0) is 12.3. The van der Waals surface area contributed by atoms with Gasteiger partial charge in [-0.1, -0.05) is 17.7 Å². The number of rotatable bonds is 2. The molecule has 17 heavy (non-hydrogen) atoms. The number of nitrogens with one attached hydrogen (secondary N) is 3. The number of thiocarbonyl (C=S) groups is 1. The number of benzene rings is 1. The zero-order valence-electron chi connectivity index (χ0n) is 9.12. The van der Waals surface area contributed by atoms with E-state index >= 15 is 0 Å². The van der Waals surface area contributed by atoms with Crippen LogP contribution in [0.15, 0.2) is 30.5 Å². The minimum Gasteiger partial charge on any atom is -0.332 e. The smallest absolute Gasteiger partial charge is 0.176 e. The Morgan fingerprint density at radius 3 is 2.88 bits per heavy atom. The van der Waals surface area contributed by atoms with Gasteiger partial charge < -0.3 is 10.6 Å². The number of nitrogens with zero attached hydrogens (tertiary/aromatic N) is 1. The van der Waals surface area contributed by atoms with Gasteiger partial charge in [0.25, 0.3) is 0 Å². The highest BCUT2D eigenvalue weighted by Gasteiger charge is 2.03. The molecule has 0 saturated carbocycles. The van der Waals surface area contributed by atoms with E-state index in [-0.39, 0.29) is 0 Å². The Labute approximate surface area is 109 Å². The number of anilines is 2. The normalized spacial score (nSPS) is 10.0. The van der Waals surface area contributed by atoms with Crippen molar-refractivity contribution in [3.63, 3.8) is 0 Å². The number of H-pyrrole nitrogens is 1. The Balaban J connectivity index is 2.05. The molecule has 0 saturated heterocycles. The molecule has 0 spiro atoms. The largest absolute Gasteiger partial charge is 0.332 e. The predicted molar refractivity (Wildman–Crippen MR) is 74.6 cm³/mol.